The minimum absolute atomic E-state index is 0.0372. The molecular formula is C15H22N2O3. The maximum Gasteiger partial charge on any atom is 0.303 e. The molecule has 0 heterocycles. The molecule has 0 aromatic heterocycles. The number of para-hydroxylation sites is 1. The second-order valence-corrected chi connectivity index (χ2v) is 4.70. The molecule has 1 aromatic carbocycles. The number of carboxylic acid groups (broad SMARTS) is 1. The number of aliphatic carboxylic acids is 1. The Kier molecular flexibility index (Phi) is 7.35. The largest absolute Gasteiger partial charge is 0.481 e. The van der Waals surface area contributed by atoms with Gasteiger partial charge in [-0.25, -0.2) is 0 Å². The number of nitrogens with one attached hydrogen (secondary N) is 1. The van der Waals surface area contributed by atoms with E-state index in [-0.39, 0.29) is 12.3 Å². The SMILES string of the molecule is NCCCCCC(=O)Nc1ccccc1CCC(=O)O. The van der Waals surface area contributed by atoms with Crippen molar-refractivity contribution in [3.05, 3.63) is 29.8 Å². The van der Waals surface area contributed by atoms with E-state index >= 15 is 0 Å². The van der Waals surface area contributed by atoms with Gasteiger partial charge in [0.1, 0.15) is 0 Å². The normalized spacial score (nSPS) is 10.2. The summed E-state index contributed by atoms with van der Waals surface area (Å²) in [4.78, 5) is 22.4. The highest BCUT2D eigenvalue weighted by Gasteiger charge is 2.07. The van der Waals surface area contributed by atoms with Crippen LogP contribution >= 0.6 is 0 Å². The van der Waals surface area contributed by atoms with Gasteiger partial charge in [-0.1, -0.05) is 24.6 Å². The van der Waals surface area contributed by atoms with Gasteiger partial charge in [0.05, 0.1) is 0 Å². The predicted molar refractivity (Wildman–Crippen MR) is 78.6 cm³/mol. The molecule has 0 aliphatic rings. The Balaban J connectivity index is 2.49. The molecule has 5 nitrogen and oxygen atoms in total. The third kappa shape index (κ3) is 6.33. The van der Waals surface area contributed by atoms with E-state index in [1.165, 1.54) is 0 Å². The lowest BCUT2D eigenvalue weighted by molar-refractivity contribution is -0.136. The minimum Gasteiger partial charge on any atom is -0.481 e. The number of aryl methyl sites for hydroxylation is 1. The number of hydrogen-bond donors (Lipinski definition) is 3. The molecule has 1 amide bonds. The van der Waals surface area contributed by atoms with Crippen LogP contribution in [0.3, 0.4) is 0 Å². The Morgan fingerprint density at radius 2 is 1.85 bits per heavy atom. The Labute approximate surface area is 119 Å². The van der Waals surface area contributed by atoms with Crippen molar-refractivity contribution in [2.45, 2.75) is 38.5 Å². The minimum atomic E-state index is -0.840. The van der Waals surface area contributed by atoms with E-state index in [0.29, 0.717) is 25.1 Å². The number of nitrogens with two attached hydrogens (primary N) is 1. The van der Waals surface area contributed by atoms with Gasteiger partial charge in [-0.2, -0.15) is 0 Å². The van der Waals surface area contributed by atoms with E-state index in [1.807, 2.05) is 18.2 Å². The quantitative estimate of drug-likeness (QED) is 0.603. The predicted octanol–water partition coefficient (Wildman–Crippen LogP) is 2.16. The summed E-state index contributed by atoms with van der Waals surface area (Å²) in [6.07, 6.45) is 3.64. The van der Waals surface area contributed by atoms with E-state index in [4.69, 9.17) is 10.8 Å². The fourth-order valence-electron chi connectivity index (χ4n) is 1.92. The van der Waals surface area contributed by atoms with E-state index in [9.17, 15) is 9.59 Å². The first kappa shape index (κ1) is 16.2. The van der Waals surface area contributed by atoms with Gasteiger partial charge in [-0.3, -0.25) is 9.59 Å². The van der Waals surface area contributed by atoms with Gasteiger partial charge in [0.2, 0.25) is 5.91 Å². The number of hydrogen-bond acceptors (Lipinski definition) is 3. The van der Waals surface area contributed by atoms with Crippen LogP contribution in [0.15, 0.2) is 24.3 Å². The molecule has 20 heavy (non-hydrogen) atoms. The van der Waals surface area contributed by atoms with Crippen LogP contribution in [0.4, 0.5) is 5.69 Å². The molecule has 110 valence electrons. The van der Waals surface area contributed by atoms with Crippen molar-refractivity contribution < 1.29 is 14.7 Å². The van der Waals surface area contributed by atoms with Gasteiger partial charge in [-0.05, 0) is 37.4 Å². The zero-order chi connectivity index (χ0) is 14.8. The van der Waals surface area contributed by atoms with Crippen LogP contribution in [-0.2, 0) is 16.0 Å². The lowest BCUT2D eigenvalue weighted by Crippen LogP contribution is -2.13. The number of carbonyl (C=O) groups is 2. The summed E-state index contributed by atoms with van der Waals surface area (Å²) in [5, 5.41) is 11.6. The first-order valence-electron chi connectivity index (χ1n) is 6.93. The summed E-state index contributed by atoms with van der Waals surface area (Å²) >= 11 is 0. The summed E-state index contributed by atoms with van der Waals surface area (Å²) in [7, 11) is 0. The molecule has 0 saturated carbocycles. The number of carbonyl (C=O) groups excluding carboxylic acids is 1. The molecule has 4 N–H and O–H groups in total. The smallest absolute Gasteiger partial charge is 0.303 e. The van der Waals surface area contributed by atoms with Gasteiger partial charge in [0.25, 0.3) is 0 Å². The standard InChI is InChI=1S/C15H22N2O3/c16-11-5-1-2-8-14(18)17-13-7-4-3-6-12(13)9-10-15(19)20/h3-4,6-7H,1-2,5,8-11,16H2,(H,17,18)(H,19,20). The highest BCUT2D eigenvalue weighted by molar-refractivity contribution is 5.91. The van der Waals surface area contributed by atoms with Gasteiger partial charge in [0, 0.05) is 18.5 Å². The average molecular weight is 278 g/mol. The Morgan fingerprint density at radius 3 is 2.55 bits per heavy atom. The maximum absolute atomic E-state index is 11.8. The van der Waals surface area contributed by atoms with Crippen molar-refractivity contribution in [3.63, 3.8) is 0 Å². The molecule has 0 aliphatic carbocycles. The van der Waals surface area contributed by atoms with Crippen molar-refractivity contribution in [2.75, 3.05) is 11.9 Å². The summed E-state index contributed by atoms with van der Waals surface area (Å²) in [6, 6.07) is 7.31. The van der Waals surface area contributed by atoms with Crippen LogP contribution in [0, 0.1) is 0 Å². The molecule has 0 aliphatic heterocycles. The van der Waals surface area contributed by atoms with Crippen LogP contribution in [0.5, 0.6) is 0 Å². The molecular weight excluding hydrogens is 256 g/mol. The lowest BCUT2D eigenvalue weighted by Gasteiger charge is -2.10. The van der Waals surface area contributed by atoms with Gasteiger partial charge < -0.3 is 16.2 Å². The molecule has 0 fully saturated rings. The maximum atomic E-state index is 11.8. The molecule has 1 rings (SSSR count). The number of rotatable bonds is 9. The van der Waals surface area contributed by atoms with Crippen LogP contribution in [0.2, 0.25) is 0 Å². The van der Waals surface area contributed by atoms with E-state index in [0.717, 1.165) is 24.8 Å². The topological polar surface area (TPSA) is 92.4 Å². The van der Waals surface area contributed by atoms with Crippen LogP contribution < -0.4 is 11.1 Å². The average Bonchev–Trinajstić information content (AvgIpc) is 2.42. The van der Waals surface area contributed by atoms with Gasteiger partial charge in [0.15, 0.2) is 0 Å². The first-order valence-corrected chi connectivity index (χ1v) is 6.93. The molecule has 0 radical (unpaired) electrons. The number of unbranched alkanes of at least 4 members (excludes halogenated alkanes) is 2. The summed E-state index contributed by atoms with van der Waals surface area (Å²) in [5.74, 6) is -0.877. The van der Waals surface area contributed by atoms with Crippen molar-refractivity contribution >= 4 is 17.6 Å². The fourth-order valence-corrected chi connectivity index (χ4v) is 1.92. The third-order valence-corrected chi connectivity index (χ3v) is 3.01. The van der Waals surface area contributed by atoms with Gasteiger partial charge >= 0.3 is 5.97 Å². The van der Waals surface area contributed by atoms with Crippen molar-refractivity contribution in [3.8, 4) is 0 Å². The fraction of sp³-hybridized carbons (Fsp3) is 0.467. The van der Waals surface area contributed by atoms with Crippen LogP contribution in [0.25, 0.3) is 0 Å². The molecule has 0 atom stereocenters. The van der Waals surface area contributed by atoms with Crippen LogP contribution in [-0.4, -0.2) is 23.5 Å². The summed E-state index contributed by atoms with van der Waals surface area (Å²) in [6.45, 7) is 0.652. The second-order valence-electron chi connectivity index (χ2n) is 4.70. The molecule has 0 unspecified atom stereocenters. The third-order valence-electron chi connectivity index (χ3n) is 3.01. The highest BCUT2D eigenvalue weighted by Crippen LogP contribution is 2.17. The van der Waals surface area contributed by atoms with E-state index in [2.05, 4.69) is 5.32 Å². The number of carboxylic acids is 1. The van der Waals surface area contributed by atoms with Crippen LogP contribution in [0.1, 0.15) is 37.7 Å². The Bertz CT molecular complexity index is 446. The summed E-state index contributed by atoms with van der Waals surface area (Å²) in [5.41, 5.74) is 6.96. The Hall–Kier alpha value is -1.88. The highest BCUT2D eigenvalue weighted by atomic mass is 16.4. The molecule has 1 aromatic rings. The lowest BCUT2D eigenvalue weighted by atomic mass is 10.1. The number of benzene rings is 1. The zero-order valence-electron chi connectivity index (χ0n) is 11.6. The van der Waals surface area contributed by atoms with Crippen molar-refractivity contribution in [2.24, 2.45) is 5.73 Å². The monoisotopic (exact) mass is 278 g/mol. The van der Waals surface area contributed by atoms with Crippen molar-refractivity contribution in [1.82, 2.24) is 0 Å². The van der Waals surface area contributed by atoms with Gasteiger partial charge in [-0.15, -0.1) is 0 Å². The number of anilines is 1. The molecule has 0 spiro atoms. The summed E-state index contributed by atoms with van der Waals surface area (Å²) < 4.78 is 0. The number of amides is 1. The second kappa shape index (κ2) is 9.09. The van der Waals surface area contributed by atoms with E-state index in [1.54, 1.807) is 6.07 Å². The van der Waals surface area contributed by atoms with Crippen molar-refractivity contribution in [1.29, 1.82) is 0 Å². The zero-order valence-corrected chi connectivity index (χ0v) is 11.6. The Morgan fingerprint density at radius 1 is 1.10 bits per heavy atom. The molecule has 0 saturated heterocycles. The molecule has 5 heteroatoms. The van der Waals surface area contributed by atoms with E-state index < -0.39 is 5.97 Å². The molecule has 0 bridgehead atoms. The first-order chi connectivity index (χ1) is 9.63.